The summed E-state index contributed by atoms with van der Waals surface area (Å²) in [7, 11) is 1.57. The van der Waals surface area contributed by atoms with Crippen molar-refractivity contribution in [2.24, 2.45) is 0 Å². The third-order valence-corrected chi connectivity index (χ3v) is 7.57. The van der Waals surface area contributed by atoms with Gasteiger partial charge in [-0.1, -0.05) is 35.3 Å². The van der Waals surface area contributed by atoms with Crippen LogP contribution in [-0.2, 0) is 14.6 Å². The first-order valence-electron chi connectivity index (χ1n) is 7.78. The van der Waals surface area contributed by atoms with Crippen molar-refractivity contribution in [3.8, 4) is 0 Å². The van der Waals surface area contributed by atoms with Crippen LogP contribution in [0.1, 0.15) is 13.8 Å². The second kappa shape index (κ2) is 8.46. The van der Waals surface area contributed by atoms with Crippen LogP contribution < -0.4 is 10.8 Å². The van der Waals surface area contributed by atoms with Crippen molar-refractivity contribution < 1.29 is 13.2 Å². The van der Waals surface area contributed by atoms with E-state index in [1.165, 1.54) is 43.9 Å². The molecule has 9 heteroatoms. The van der Waals surface area contributed by atoms with E-state index in [0.717, 1.165) is 4.90 Å². The smallest absolute Gasteiger partial charge is 0.241 e. The van der Waals surface area contributed by atoms with Crippen molar-refractivity contribution >= 4 is 52.4 Å². The molecule has 0 bridgehead atoms. The molecule has 2 aromatic rings. The maximum atomic E-state index is 12.7. The minimum absolute atomic E-state index is 0.183. The Hall–Kier alpha value is -1.51. The van der Waals surface area contributed by atoms with Crippen molar-refractivity contribution in [2.45, 2.75) is 28.5 Å². The molecule has 0 saturated carbocycles. The minimum atomic E-state index is -3.96. The lowest BCUT2D eigenvalue weighted by atomic mass is 9.99. The van der Waals surface area contributed by atoms with E-state index in [1.54, 1.807) is 6.07 Å². The first kappa shape index (κ1) is 20.8. The normalized spacial score (nSPS) is 12.0. The van der Waals surface area contributed by atoms with Crippen LogP contribution in [0.5, 0.6) is 0 Å². The summed E-state index contributed by atoms with van der Waals surface area (Å²) in [6.07, 6.45) is 1.25. The van der Waals surface area contributed by atoms with Gasteiger partial charge in [0.25, 0.3) is 0 Å². The van der Waals surface area contributed by atoms with Gasteiger partial charge in [0.2, 0.25) is 15.7 Å². The van der Waals surface area contributed by atoms with Crippen LogP contribution in [0.3, 0.4) is 0 Å². The van der Waals surface area contributed by atoms with Gasteiger partial charge in [0, 0.05) is 23.4 Å². The van der Waals surface area contributed by atoms with E-state index in [0.29, 0.717) is 22.8 Å². The summed E-state index contributed by atoms with van der Waals surface area (Å²) in [6.45, 7) is 3.02. The van der Waals surface area contributed by atoms with Gasteiger partial charge in [0.05, 0.1) is 5.02 Å². The van der Waals surface area contributed by atoms with Gasteiger partial charge >= 0.3 is 0 Å². The van der Waals surface area contributed by atoms with Crippen molar-refractivity contribution in [3.63, 3.8) is 0 Å². The van der Waals surface area contributed by atoms with Crippen LogP contribution in [0.2, 0.25) is 5.02 Å². The first-order chi connectivity index (χ1) is 12.2. The summed E-state index contributed by atoms with van der Waals surface area (Å²) < 4.78 is 23.8. The highest BCUT2D eigenvalue weighted by Gasteiger charge is 2.43. The van der Waals surface area contributed by atoms with E-state index in [1.807, 2.05) is 18.2 Å². The topological polar surface area (TPSA) is 76.1 Å². The first-order valence-corrected chi connectivity index (χ1v) is 10.6. The average Bonchev–Trinajstić information content (AvgIpc) is 2.60. The number of carbonyl (C=O) groups is 1. The number of carbonyl (C=O) groups excluding carboxylic acids is 1. The maximum Gasteiger partial charge on any atom is 0.241 e. The third kappa shape index (κ3) is 4.61. The van der Waals surface area contributed by atoms with Gasteiger partial charge in [0.15, 0.2) is 9.77 Å². The Bertz CT molecular complexity index is 887. The fourth-order valence-electron chi connectivity index (χ4n) is 2.03. The molecule has 1 aromatic carbocycles. The quantitative estimate of drug-likeness (QED) is 0.431. The molecule has 5 nitrogen and oxygen atoms in total. The highest BCUT2D eigenvalue weighted by molar-refractivity contribution is 7.99. The van der Waals surface area contributed by atoms with Crippen molar-refractivity contribution in [2.75, 3.05) is 12.3 Å². The summed E-state index contributed by atoms with van der Waals surface area (Å²) in [5.41, 5.74) is 0.350. The highest BCUT2D eigenvalue weighted by Crippen LogP contribution is 2.26. The van der Waals surface area contributed by atoms with E-state index in [9.17, 15) is 13.2 Å². The Kier molecular flexibility index (Phi) is 6.77. The summed E-state index contributed by atoms with van der Waals surface area (Å²) in [5.74, 6) is -0.0259. The number of nitrogens with zero attached hydrogens (tertiary/aromatic N) is 1. The number of nitrogens with one attached hydrogen (secondary N) is 1. The molecule has 0 spiro atoms. The monoisotopic (exact) mass is 408 g/mol. The molecule has 26 heavy (non-hydrogen) atoms. The average molecular weight is 409 g/mol. The largest absolute Gasteiger partial charge is 0.354 e. The van der Waals surface area contributed by atoms with Gasteiger partial charge in [-0.2, -0.15) is 0 Å². The minimum Gasteiger partial charge on any atom is -0.354 e. The van der Waals surface area contributed by atoms with Crippen LogP contribution in [-0.4, -0.2) is 44.2 Å². The predicted molar refractivity (Wildman–Crippen MR) is 106 cm³/mol. The molecule has 2 radical (unpaired) electrons. The molecule has 1 heterocycles. The Labute approximate surface area is 164 Å². The van der Waals surface area contributed by atoms with Crippen LogP contribution in [0.25, 0.3) is 0 Å². The third-order valence-electron chi connectivity index (χ3n) is 3.74. The lowest BCUT2D eigenvalue weighted by Crippen LogP contribution is -2.48. The molecule has 0 saturated heterocycles. The zero-order chi connectivity index (χ0) is 19.4. The van der Waals surface area contributed by atoms with Crippen LogP contribution >= 0.6 is 23.4 Å². The lowest BCUT2D eigenvalue weighted by molar-refractivity contribution is -0.122. The molecule has 0 atom stereocenters. The number of sulfone groups is 1. The molecule has 0 unspecified atom stereocenters. The molecule has 2 rings (SSSR count). The molecule has 1 N–H and O–H groups in total. The number of thioether (sulfide) groups is 1. The number of rotatable bonds is 7. The molecule has 136 valence electrons. The van der Waals surface area contributed by atoms with Gasteiger partial charge in [-0.05, 0) is 32.0 Å². The number of halogens is 1. The molecular formula is C17H18BClN2O3S2. The Morgan fingerprint density at radius 3 is 2.58 bits per heavy atom. The van der Waals surface area contributed by atoms with Crippen LogP contribution in [0, 0.1) is 0 Å². The summed E-state index contributed by atoms with van der Waals surface area (Å²) in [5, 5.41) is 3.12. The SMILES string of the molecule is [B]c1ccc(S(=O)(=O)C(C)(C)C(=O)NCCSc2ccccc2Cl)nc1. The van der Waals surface area contributed by atoms with Gasteiger partial charge in [-0.25, -0.2) is 13.4 Å². The van der Waals surface area contributed by atoms with Gasteiger partial charge in [-0.3, -0.25) is 4.79 Å². The van der Waals surface area contributed by atoms with E-state index in [4.69, 9.17) is 19.4 Å². The molecule has 1 amide bonds. The fraction of sp³-hybridized carbons (Fsp3) is 0.294. The van der Waals surface area contributed by atoms with E-state index >= 15 is 0 Å². The van der Waals surface area contributed by atoms with Crippen molar-refractivity contribution in [1.82, 2.24) is 10.3 Å². The Balaban J connectivity index is 1.98. The summed E-state index contributed by atoms with van der Waals surface area (Å²) in [4.78, 5) is 17.2. The number of benzene rings is 1. The number of hydrogen-bond donors (Lipinski definition) is 1. The number of amides is 1. The lowest BCUT2D eigenvalue weighted by Gasteiger charge is -2.23. The van der Waals surface area contributed by atoms with E-state index in [2.05, 4.69) is 10.3 Å². The van der Waals surface area contributed by atoms with Crippen LogP contribution in [0.4, 0.5) is 0 Å². The van der Waals surface area contributed by atoms with E-state index in [-0.39, 0.29) is 5.03 Å². The van der Waals surface area contributed by atoms with Crippen molar-refractivity contribution in [1.29, 1.82) is 0 Å². The second-order valence-corrected chi connectivity index (χ2v) is 9.97. The van der Waals surface area contributed by atoms with E-state index < -0.39 is 20.5 Å². The highest BCUT2D eigenvalue weighted by atomic mass is 35.5. The van der Waals surface area contributed by atoms with Gasteiger partial charge < -0.3 is 5.32 Å². The number of pyridine rings is 1. The molecular weight excluding hydrogens is 391 g/mol. The summed E-state index contributed by atoms with van der Waals surface area (Å²) >= 11 is 7.56. The Morgan fingerprint density at radius 2 is 1.96 bits per heavy atom. The molecule has 0 fully saturated rings. The van der Waals surface area contributed by atoms with Gasteiger partial charge in [0.1, 0.15) is 7.85 Å². The van der Waals surface area contributed by atoms with Crippen molar-refractivity contribution in [3.05, 3.63) is 47.6 Å². The van der Waals surface area contributed by atoms with Crippen LogP contribution in [0.15, 0.2) is 52.5 Å². The predicted octanol–water partition coefficient (Wildman–Crippen LogP) is 1.99. The second-order valence-electron chi connectivity index (χ2n) is 5.98. The zero-order valence-corrected chi connectivity index (χ0v) is 16.8. The van der Waals surface area contributed by atoms with Gasteiger partial charge in [-0.15, -0.1) is 11.8 Å². The number of hydrogen-bond acceptors (Lipinski definition) is 5. The Morgan fingerprint density at radius 1 is 1.27 bits per heavy atom. The molecule has 0 aliphatic carbocycles. The maximum absolute atomic E-state index is 12.7. The summed E-state index contributed by atoms with van der Waals surface area (Å²) in [6, 6.07) is 10.1. The molecule has 0 aliphatic rings. The molecule has 0 aliphatic heterocycles. The zero-order valence-electron chi connectivity index (χ0n) is 14.4. The molecule has 1 aromatic heterocycles. The standard InChI is InChI=1S/C17H18BClN2O3S2/c1-17(2,26(23,24)15-8-7-12(18)11-21-15)16(22)20-9-10-25-14-6-4-3-5-13(14)19/h3-8,11H,9-10H2,1-2H3,(H,20,22). The fourth-order valence-corrected chi connectivity index (χ4v) is 4.42. The number of aromatic nitrogens is 1.